The van der Waals surface area contributed by atoms with Gasteiger partial charge in [-0.15, -0.1) is 0 Å². The lowest BCUT2D eigenvalue weighted by Gasteiger charge is -2.25. The molecule has 16 heavy (non-hydrogen) atoms. The van der Waals surface area contributed by atoms with Gasteiger partial charge in [0.25, 0.3) is 0 Å². The monoisotopic (exact) mass is 232 g/mol. The number of carbonyl (C=O) groups excluding carboxylic acids is 1. The van der Waals surface area contributed by atoms with Crippen molar-refractivity contribution in [3.63, 3.8) is 0 Å². The fourth-order valence-electron chi connectivity index (χ4n) is 1.34. The van der Waals surface area contributed by atoms with Gasteiger partial charge in [-0.3, -0.25) is 4.79 Å². The Balaban J connectivity index is 4.12. The quantitative estimate of drug-likeness (QED) is 0.578. The van der Waals surface area contributed by atoms with Crippen molar-refractivity contribution in [2.24, 2.45) is 5.73 Å². The third-order valence-electron chi connectivity index (χ3n) is 2.41. The Morgan fingerprint density at radius 1 is 1.25 bits per heavy atom. The minimum Gasteiger partial charge on any atom is -0.385 e. The van der Waals surface area contributed by atoms with Gasteiger partial charge in [0.2, 0.25) is 5.91 Å². The number of carbonyl (C=O) groups is 1. The highest BCUT2D eigenvalue weighted by atomic mass is 16.5. The Labute approximate surface area is 97.9 Å². The summed E-state index contributed by atoms with van der Waals surface area (Å²) in [5.74, 6) is -0.00402. The first-order chi connectivity index (χ1) is 7.67. The Morgan fingerprint density at radius 3 is 2.38 bits per heavy atom. The van der Waals surface area contributed by atoms with E-state index in [0.29, 0.717) is 32.7 Å². The normalized spacial score (nSPS) is 12.5. The van der Waals surface area contributed by atoms with Crippen molar-refractivity contribution in [2.75, 3.05) is 40.5 Å². The second-order valence-corrected chi connectivity index (χ2v) is 3.68. The lowest BCUT2D eigenvalue weighted by molar-refractivity contribution is -0.133. The molecule has 0 fully saturated rings. The molecule has 0 spiro atoms. The molecule has 0 saturated carbocycles. The SMILES string of the molecule is CCC(N)C(=O)N(CCCOC)CCOC. The number of hydrogen-bond donors (Lipinski definition) is 1. The van der Waals surface area contributed by atoms with Crippen LogP contribution in [-0.4, -0.2) is 57.4 Å². The summed E-state index contributed by atoms with van der Waals surface area (Å²) in [7, 11) is 3.27. The molecule has 1 unspecified atom stereocenters. The van der Waals surface area contributed by atoms with Gasteiger partial charge in [0, 0.05) is 33.9 Å². The Bertz CT molecular complexity index is 188. The van der Waals surface area contributed by atoms with Crippen molar-refractivity contribution in [1.29, 1.82) is 0 Å². The molecule has 0 aromatic rings. The van der Waals surface area contributed by atoms with E-state index in [1.54, 1.807) is 19.1 Å². The fraction of sp³-hybridized carbons (Fsp3) is 0.909. The van der Waals surface area contributed by atoms with Crippen LogP contribution in [0.15, 0.2) is 0 Å². The summed E-state index contributed by atoms with van der Waals surface area (Å²) in [5, 5.41) is 0. The van der Waals surface area contributed by atoms with E-state index in [4.69, 9.17) is 15.2 Å². The molecule has 0 heterocycles. The van der Waals surface area contributed by atoms with Crippen LogP contribution in [0, 0.1) is 0 Å². The summed E-state index contributed by atoms with van der Waals surface area (Å²) in [6.45, 7) is 4.36. The van der Waals surface area contributed by atoms with Crippen LogP contribution in [0.2, 0.25) is 0 Å². The van der Waals surface area contributed by atoms with E-state index in [1.807, 2.05) is 6.92 Å². The van der Waals surface area contributed by atoms with E-state index >= 15 is 0 Å². The van der Waals surface area contributed by atoms with Gasteiger partial charge in [0.05, 0.1) is 12.6 Å². The highest BCUT2D eigenvalue weighted by molar-refractivity contribution is 5.81. The summed E-state index contributed by atoms with van der Waals surface area (Å²) < 4.78 is 9.94. The first kappa shape index (κ1) is 15.3. The average molecular weight is 232 g/mol. The molecule has 0 aliphatic carbocycles. The van der Waals surface area contributed by atoms with Crippen LogP contribution in [0.3, 0.4) is 0 Å². The molecule has 0 aliphatic heterocycles. The van der Waals surface area contributed by atoms with Gasteiger partial charge in [-0.1, -0.05) is 6.92 Å². The molecular formula is C11H24N2O3. The van der Waals surface area contributed by atoms with Crippen molar-refractivity contribution in [2.45, 2.75) is 25.8 Å². The van der Waals surface area contributed by atoms with E-state index in [2.05, 4.69) is 0 Å². The molecule has 5 nitrogen and oxygen atoms in total. The molecule has 0 radical (unpaired) electrons. The maximum Gasteiger partial charge on any atom is 0.239 e. The number of methoxy groups -OCH3 is 2. The van der Waals surface area contributed by atoms with Gasteiger partial charge in [-0.05, 0) is 12.8 Å². The van der Waals surface area contributed by atoms with Gasteiger partial charge >= 0.3 is 0 Å². The van der Waals surface area contributed by atoms with Gasteiger partial charge < -0.3 is 20.1 Å². The second-order valence-electron chi connectivity index (χ2n) is 3.68. The van der Waals surface area contributed by atoms with E-state index in [9.17, 15) is 4.79 Å². The maximum absolute atomic E-state index is 11.9. The van der Waals surface area contributed by atoms with Gasteiger partial charge in [-0.25, -0.2) is 0 Å². The first-order valence-electron chi connectivity index (χ1n) is 5.69. The minimum atomic E-state index is -0.403. The molecule has 0 aromatic carbocycles. The summed E-state index contributed by atoms with van der Waals surface area (Å²) in [6.07, 6.45) is 1.48. The number of ether oxygens (including phenoxy) is 2. The van der Waals surface area contributed by atoms with Crippen molar-refractivity contribution in [3.8, 4) is 0 Å². The number of nitrogens with two attached hydrogens (primary N) is 1. The summed E-state index contributed by atoms with van der Waals surface area (Å²) in [4.78, 5) is 13.6. The lowest BCUT2D eigenvalue weighted by Crippen LogP contribution is -2.45. The standard InChI is InChI=1S/C11H24N2O3/c1-4-10(12)11(14)13(7-9-16-3)6-5-8-15-2/h10H,4-9,12H2,1-3H3. The molecule has 5 heteroatoms. The van der Waals surface area contributed by atoms with Crippen molar-refractivity contribution < 1.29 is 14.3 Å². The molecule has 0 aliphatic rings. The van der Waals surface area contributed by atoms with Gasteiger partial charge in [-0.2, -0.15) is 0 Å². The minimum absolute atomic E-state index is 0.00402. The zero-order valence-electron chi connectivity index (χ0n) is 10.6. The van der Waals surface area contributed by atoms with Gasteiger partial charge in [0.1, 0.15) is 0 Å². The lowest BCUT2D eigenvalue weighted by atomic mass is 10.2. The summed E-state index contributed by atoms with van der Waals surface area (Å²) >= 11 is 0. The largest absolute Gasteiger partial charge is 0.385 e. The van der Waals surface area contributed by atoms with Crippen LogP contribution in [0.4, 0.5) is 0 Å². The molecule has 0 rings (SSSR count). The van der Waals surface area contributed by atoms with E-state index < -0.39 is 6.04 Å². The average Bonchev–Trinajstić information content (AvgIpc) is 2.31. The van der Waals surface area contributed by atoms with Crippen LogP contribution in [0.25, 0.3) is 0 Å². The molecule has 1 amide bonds. The predicted octanol–water partition coefficient (Wildman–Crippen LogP) is 0.235. The van der Waals surface area contributed by atoms with Gasteiger partial charge in [0.15, 0.2) is 0 Å². The number of nitrogens with zero attached hydrogens (tertiary/aromatic N) is 1. The second kappa shape index (κ2) is 9.57. The van der Waals surface area contributed by atoms with Crippen molar-refractivity contribution in [1.82, 2.24) is 4.90 Å². The Hall–Kier alpha value is -0.650. The Kier molecular flexibility index (Phi) is 9.18. The number of amides is 1. The number of hydrogen-bond acceptors (Lipinski definition) is 4. The van der Waals surface area contributed by atoms with Crippen LogP contribution in [0.5, 0.6) is 0 Å². The molecule has 2 N–H and O–H groups in total. The maximum atomic E-state index is 11.9. The molecule has 1 atom stereocenters. The first-order valence-corrected chi connectivity index (χ1v) is 5.69. The van der Waals surface area contributed by atoms with Crippen LogP contribution in [-0.2, 0) is 14.3 Å². The van der Waals surface area contributed by atoms with E-state index in [-0.39, 0.29) is 5.91 Å². The fourth-order valence-corrected chi connectivity index (χ4v) is 1.34. The highest BCUT2D eigenvalue weighted by Gasteiger charge is 2.18. The summed E-state index contributed by atoms with van der Waals surface area (Å²) in [6, 6.07) is -0.403. The topological polar surface area (TPSA) is 64.8 Å². The van der Waals surface area contributed by atoms with Crippen molar-refractivity contribution in [3.05, 3.63) is 0 Å². The van der Waals surface area contributed by atoms with Crippen LogP contribution < -0.4 is 5.73 Å². The third kappa shape index (κ3) is 6.05. The number of rotatable bonds is 9. The van der Waals surface area contributed by atoms with E-state index in [0.717, 1.165) is 6.42 Å². The van der Waals surface area contributed by atoms with Crippen LogP contribution in [0.1, 0.15) is 19.8 Å². The van der Waals surface area contributed by atoms with Crippen molar-refractivity contribution >= 4 is 5.91 Å². The Morgan fingerprint density at radius 2 is 1.88 bits per heavy atom. The molecule has 0 bridgehead atoms. The molecular weight excluding hydrogens is 208 g/mol. The highest BCUT2D eigenvalue weighted by Crippen LogP contribution is 1.99. The molecule has 0 aromatic heterocycles. The zero-order valence-corrected chi connectivity index (χ0v) is 10.6. The predicted molar refractivity (Wildman–Crippen MR) is 63.2 cm³/mol. The smallest absolute Gasteiger partial charge is 0.239 e. The summed E-state index contributed by atoms with van der Waals surface area (Å²) in [5.41, 5.74) is 5.73. The molecule has 0 saturated heterocycles. The molecule has 96 valence electrons. The van der Waals surface area contributed by atoms with Crippen LogP contribution >= 0.6 is 0 Å². The zero-order chi connectivity index (χ0) is 12.4. The third-order valence-corrected chi connectivity index (χ3v) is 2.41. The van der Waals surface area contributed by atoms with E-state index in [1.165, 1.54) is 0 Å².